The summed E-state index contributed by atoms with van der Waals surface area (Å²) < 4.78 is 2.07. The highest BCUT2D eigenvalue weighted by Gasteiger charge is 2.10. The smallest absolute Gasteiger partial charge is 0.195 e. The van der Waals surface area contributed by atoms with Gasteiger partial charge in [0.2, 0.25) is 0 Å². The van der Waals surface area contributed by atoms with Crippen molar-refractivity contribution in [1.82, 2.24) is 14.8 Å². The van der Waals surface area contributed by atoms with E-state index in [1.54, 1.807) is 11.6 Å². The van der Waals surface area contributed by atoms with Crippen molar-refractivity contribution < 1.29 is 10.2 Å². The normalized spacial score (nSPS) is 10.5. The summed E-state index contributed by atoms with van der Waals surface area (Å²) in [7, 11) is 1.73. The molecule has 0 saturated heterocycles. The molecule has 78 valence electrons. The van der Waals surface area contributed by atoms with Crippen molar-refractivity contribution in [3.05, 3.63) is 23.0 Å². The summed E-state index contributed by atoms with van der Waals surface area (Å²) in [5.41, 5.74) is 0.435. The summed E-state index contributed by atoms with van der Waals surface area (Å²) in [6.07, 6.45) is 0. The minimum atomic E-state index is 0.0462. The maximum atomic E-state index is 9.61. The van der Waals surface area contributed by atoms with Gasteiger partial charge in [0.15, 0.2) is 10.6 Å². The van der Waals surface area contributed by atoms with E-state index in [4.69, 9.17) is 12.2 Å². The van der Waals surface area contributed by atoms with E-state index in [2.05, 4.69) is 10.2 Å². The summed E-state index contributed by atoms with van der Waals surface area (Å²) in [5.74, 6) is 0.593. The number of aromatic hydroxyl groups is 2. The number of aromatic amines is 1. The fourth-order valence-corrected chi connectivity index (χ4v) is 1.42. The molecule has 2 aromatic rings. The van der Waals surface area contributed by atoms with E-state index in [0.717, 1.165) is 0 Å². The Morgan fingerprint density at radius 3 is 2.73 bits per heavy atom. The average Bonchev–Trinajstić information content (AvgIpc) is 2.52. The molecule has 1 heterocycles. The van der Waals surface area contributed by atoms with Gasteiger partial charge in [-0.05, 0) is 30.4 Å². The second-order valence-corrected chi connectivity index (χ2v) is 3.50. The van der Waals surface area contributed by atoms with Crippen molar-refractivity contribution in [3.8, 4) is 22.9 Å². The van der Waals surface area contributed by atoms with Gasteiger partial charge in [-0.25, -0.2) is 0 Å². The molecule has 0 aliphatic rings. The number of H-pyrrole nitrogens is 1. The van der Waals surface area contributed by atoms with E-state index in [9.17, 15) is 10.2 Å². The van der Waals surface area contributed by atoms with Crippen LogP contribution in [-0.4, -0.2) is 25.0 Å². The topological polar surface area (TPSA) is 74.1 Å². The van der Waals surface area contributed by atoms with Crippen molar-refractivity contribution >= 4 is 12.2 Å². The third-order valence-corrected chi connectivity index (χ3v) is 2.47. The number of nitrogens with zero attached hydrogens (tertiary/aromatic N) is 2. The second-order valence-electron chi connectivity index (χ2n) is 3.11. The summed E-state index contributed by atoms with van der Waals surface area (Å²) in [6.45, 7) is 0. The van der Waals surface area contributed by atoms with Crippen LogP contribution in [0.1, 0.15) is 0 Å². The van der Waals surface area contributed by atoms with Crippen LogP contribution in [0.4, 0.5) is 0 Å². The standard InChI is InChI=1S/C9H9N3O2S/c1-12-8(10-11-9(12)15)6-4-5(13)2-3-7(6)14/h2-4,13-14H,1H3,(H,11,15). The molecular weight excluding hydrogens is 214 g/mol. The van der Waals surface area contributed by atoms with Crippen LogP contribution in [0.15, 0.2) is 18.2 Å². The minimum absolute atomic E-state index is 0.0462. The maximum absolute atomic E-state index is 9.61. The molecule has 1 aromatic carbocycles. The number of phenols is 2. The Bertz CT molecular complexity index is 559. The van der Waals surface area contributed by atoms with Crippen molar-refractivity contribution in [3.63, 3.8) is 0 Å². The first-order valence-corrected chi connectivity index (χ1v) is 4.64. The molecule has 1 aromatic heterocycles. The molecule has 0 fully saturated rings. The van der Waals surface area contributed by atoms with Crippen LogP contribution in [0.5, 0.6) is 11.5 Å². The van der Waals surface area contributed by atoms with Gasteiger partial charge in [0.1, 0.15) is 11.5 Å². The van der Waals surface area contributed by atoms with E-state index in [0.29, 0.717) is 16.2 Å². The van der Waals surface area contributed by atoms with E-state index in [-0.39, 0.29) is 11.5 Å². The van der Waals surface area contributed by atoms with E-state index >= 15 is 0 Å². The lowest BCUT2D eigenvalue weighted by Gasteiger charge is -2.03. The van der Waals surface area contributed by atoms with Crippen LogP contribution in [0.25, 0.3) is 11.4 Å². The molecule has 6 heteroatoms. The predicted molar refractivity (Wildman–Crippen MR) is 57.2 cm³/mol. The molecule has 0 atom stereocenters. The predicted octanol–water partition coefficient (Wildman–Crippen LogP) is 1.56. The molecule has 0 radical (unpaired) electrons. The van der Waals surface area contributed by atoms with Gasteiger partial charge in [-0.1, -0.05) is 0 Å². The fourth-order valence-electron chi connectivity index (χ4n) is 1.29. The molecule has 15 heavy (non-hydrogen) atoms. The monoisotopic (exact) mass is 223 g/mol. The third-order valence-electron chi connectivity index (χ3n) is 2.10. The van der Waals surface area contributed by atoms with Gasteiger partial charge < -0.3 is 14.8 Å². The van der Waals surface area contributed by atoms with Crippen LogP contribution >= 0.6 is 12.2 Å². The number of hydrogen-bond donors (Lipinski definition) is 3. The molecule has 0 unspecified atom stereocenters. The summed E-state index contributed by atoms with van der Waals surface area (Å²) in [4.78, 5) is 0. The quantitative estimate of drug-likeness (QED) is 0.506. The summed E-state index contributed by atoms with van der Waals surface area (Å²) in [6, 6.07) is 4.24. The number of benzene rings is 1. The van der Waals surface area contributed by atoms with Crippen LogP contribution in [-0.2, 0) is 7.05 Å². The van der Waals surface area contributed by atoms with Gasteiger partial charge in [-0.2, -0.15) is 5.10 Å². The molecule has 0 spiro atoms. The zero-order chi connectivity index (χ0) is 11.0. The fraction of sp³-hybridized carbons (Fsp3) is 0.111. The number of phenolic OH excluding ortho intramolecular Hbond substituents is 2. The maximum Gasteiger partial charge on any atom is 0.195 e. The van der Waals surface area contributed by atoms with Gasteiger partial charge in [0.25, 0.3) is 0 Å². The van der Waals surface area contributed by atoms with Crippen molar-refractivity contribution in [2.24, 2.45) is 7.05 Å². The van der Waals surface area contributed by atoms with Crippen molar-refractivity contribution in [2.75, 3.05) is 0 Å². The molecule has 3 N–H and O–H groups in total. The highest BCUT2D eigenvalue weighted by Crippen LogP contribution is 2.30. The minimum Gasteiger partial charge on any atom is -0.508 e. The number of nitrogens with one attached hydrogen (secondary N) is 1. The number of hydrogen-bond acceptors (Lipinski definition) is 4. The molecule has 5 nitrogen and oxygen atoms in total. The van der Waals surface area contributed by atoms with E-state index < -0.39 is 0 Å². The highest BCUT2D eigenvalue weighted by atomic mass is 32.1. The number of aromatic nitrogens is 3. The molecule has 0 saturated carbocycles. The Balaban J connectivity index is 2.68. The molecule has 0 aliphatic heterocycles. The van der Waals surface area contributed by atoms with Crippen LogP contribution < -0.4 is 0 Å². The lowest BCUT2D eigenvalue weighted by atomic mass is 10.2. The SMILES string of the molecule is Cn1c(-c2cc(O)ccc2O)n[nH]c1=S. The Kier molecular flexibility index (Phi) is 2.20. The van der Waals surface area contributed by atoms with Crippen molar-refractivity contribution in [2.45, 2.75) is 0 Å². The lowest BCUT2D eigenvalue weighted by molar-refractivity contribution is 0.461. The molecule has 0 bridgehead atoms. The third kappa shape index (κ3) is 1.59. The molecule has 0 aliphatic carbocycles. The van der Waals surface area contributed by atoms with Crippen molar-refractivity contribution in [1.29, 1.82) is 0 Å². The largest absolute Gasteiger partial charge is 0.508 e. The molecule has 2 rings (SSSR count). The Hall–Kier alpha value is -1.82. The Morgan fingerprint density at radius 1 is 1.40 bits per heavy atom. The zero-order valence-electron chi connectivity index (χ0n) is 7.93. The second kappa shape index (κ2) is 3.39. The highest BCUT2D eigenvalue weighted by molar-refractivity contribution is 7.71. The first-order valence-electron chi connectivity index (χ1n) is 4.23. The molecular formula is C9H9N3O2S. The first-order chi connectivity index (χ1) is 7.09. The Labute approximate surface area is 90.6 Å². The van der Waals surface area contributed by atoms with Gasteiger partial charge >= 0.3 is 0 Å². The summed E-state index contributed by atoms with van der Waals surface area (Å²) in [5, 5.41) is 25.5. The van der Waals surface area contributed by atoms with Gasteiger partial charge in [-0.15, -0.1) is 0 Å². The Morgan fingerprint density at radius 2 is 2.13 bits per heavy atom. The van der Waals surface area contributed by atoms with Crippen LogP contribution in [0.2, 0.25) is 0 Å². The first kappa shape index (κ1) is 9.72. The lowest BCUT2D eigenvalue weighted by Crippen LogP contribution is -1.92. The number of rotatable bonds is 1. The average molecular weight is 223 g/mol. The van der Waals surface area contributed by atoms with Gasteiger partial charge in [-0.3, -0.25) is 5.10 Å². The molecule has 0 amide bonds. The summed E-state index contributed by atoms with van der Waals surface area (Å²) >= 11 is 4.95. The van der Waals surface area contributed by atoms with Gasteiger partial charge in [0.05, 0.1) is 5.56 Å². The zero-order valence-corrected chi connectivity index (χ0v) is 8.75. The van der Waals surface area contributed by atoms with Crippen LogP contribution in [0.3, 0.4) is 0 Å². The van der Waals surface area contributed by atoms with Gasteiger partial charge in [0, 0.05) is 7.05 Å². The van der Waals surface area contributed by atoms with E-state index in [1.807, 2.05) is 0 Å². The van der Waals surface area contributed by atoms with Crippen LogP contribution in [0, 0.1) is 4.77 Å². The van der Waals surface area contributed by atoms with E-state index in [1.165, 1.54) is 18.2 Å².